The maximum Gasteiger partial charge on any atom is 0.152 e. The van der Waals surface area contributed by atoms with Gasteiger partial charge in [-0.2, -0.15) is 0 Å². The van der Waals surface area contributed by atoms with Gasteiger partial charge in [-0.15, -0.1) is 0 Å². The monoisotopic (exact) mass is 836 g/mol. The molecule has 5 aromatic carbocycles. The quantitative estimate of drug-likeness (QED) is 0.0964. The maximum absolute atomic E-state index is 13.7. The lowest BCUT2D eigenvalue weighted by molar-refractivity contribution is 0.112. The molecule has 1 saturated heterocycles. The summed E-state index contributed by atoms with van der Waals surface area (Å²) in [4.78, 5) is 31.3. The number of carbonyl (C=O) groups excluding carboxylic acids is 1. The molecule has 3 aliphatic rings. The summed E-state index contributed by atoms with van der Waals surface area (Å²) in [5.74, 6) is 2.82. The van der Waals surface area contributed by atoms with Gasteiger partial charge in [0.15, 0.2) is 6.29 Å². The van der Waals surface area contributed by atoms with E-state index in [9.17, 15) is 4.79 Å². The van der Waals surface area contributed by atoms with Gasteiger partial charge in [0.05, 0.1) is 52.1 Å². The minimum Gasteiger partial charge on any atom is -0.491 e. The van der Waals surface area contributed by atoms with E-state index in [2.05, 4.69) is 165 Å². The van der Waals surface area contributed by atoms with Crippen molar-refractivity contribution in [2.75, 3.05) is 62.2 Å². The first kappa shape index (κ1) is 40.6. The van der Waals surface area contributed by atoms with E-state index in [1.165, 1.54) is 11.1 Å². The Bertz CT molecular complexity index is 2750. The highest BCUT2D eigenvalue weighted by molar-refractivity contribution is 5.97. The van der Waals surface area contributed by atoms with Crippen molar-refractivity contribution in [2.45, 2.75) is 53.1 Å². The van der Waals surface area contributed by atoms with E-state index in [0.717, 1.165) is 151 Å². The summed E-state index contributed by atoms with van der Waals surface area (Å²) < 4.78 is 11.8. The number of carbonyl (C=O) groups is 1. The molecule has 0 amide bonds. The number of hydrogen-bond acceptors (Lipinski definition) is 8. The highest BCUT2D eigenvalue weighted by atomic mass is 16.5. The van der Waals surface area contributed by atoms with E-state index < -0.39 is 0 Å². The Kier molecular flexibility index (Phi) is 11.4. The number of fused-ring (bicyclic) bond motifs is 6. The Hall–Kier alpha value is -6.49. The summed E-state index contributed by atoms with van der Waals surface area (Å²) in [7, 11) is 0. The van der Waals surface area contributed by atoms with Crippen molar-refractivity contribution >= 4 is 29.0 Å². The molecule has 7 aromatic rings. The summed E-state index contributed by atoms with van der Waals surface area (Å²) in [6.07, 6.45) is 3.40. The number of aldehydes is 1. The highest BCUT2D eigenvalue weighted by Crippen LogP contribution is 2.50. The number of rotatable bonds is 12. The molecule has 0 radical (unpaired) electrons. The third kappa shape index (κ3) is 7.83. The van der Waals surface area contributed by atoms with Gasteiger partial charge in [-0.25, -0.2) is 9.97 Å². The number of benzene rings is 5. The van der Waals surface area contributed by atoms with Crippen molar-refractivity contribution in [2.24, 2.45) is 0 Å². The van der Waals surface area contributed by atoms with E-state index in [-0.39, 0.29) is 0 Å². The van der Waals surface area contributed by atoms with E-state index >= 15 is 0 Å². The van der Waals surface area contributed by atoms with Crippen LogP contribution in [0.15, 0.2) is 115 Å². The Morgan fingerprint density at radius 3 is 1.73 bits per heavy atom. The van der Waals surface area contributed by atoms with Crippen LogP contribution < -0.4 is 19.9 Å². The van der Waals surface area contributed by atoms with E-state index in [0.29, 0.717) is 25.3 Å². The first-order valence-corrected chi connectivity index (χ1v) is 22.6. The third-order valence-electron chi connectivity index (χ3n) is 13.1. The summed E-state index contributed by atoms with van der Waals surface area (Å²) in [5, 5.41) is 3.48. The predicted molar refractivity (Wildman–Crippen MR) is 253 cm³/mol. The molecule has 0 unspecified atom stereocenters. The van der Waals surface area contributed by atoms with Crippen molar-refractivity contribution in [1.82, 2.24) is 29.3 Å². The van der Waals surface area contributed by atoms with Crippen molar-refractivity contribution < 1.29 is 9.53 Å². The van der Waals surface area contributed by atoms with Gasteiger partial charge in [-0.1, -0.05) is 97.1 Å². The van der Waals surface area contributed by atoms with E-state index in [4.69, 9.17) is 14.7 Å². The third-order valence-corrected chi connectivity index (χ3v) is 13.1. The van der Waals surface area contributed by atoms with E-state index in [1.54, 1.807) is 0 Å². The summed E-state index contributed by atoms with van der Waals surface area (Å²) in [5.41, 5.74) is 14.7. The summed E-state index contributed by atoms with van der Waals surface area (Å²) in [6, 6.07) is 40.6. The molecule has 10 rings (SSSR count). The lowest BCUT2D eigenvalue weighted by Crippen LogP contribution is -2.44. The van der Waals surface area contributed by atoms with Crippen LogP contribution in [0.5, 0.6) is 5.75 Å². The number of aryl methyl sites for hydroxylation is 2. The molecule has 0 saturated carbocycles. The molecule has 320 valence electrons. The lowest BCUT2D eigenvalue weighted by atomic mass is 10.0. The van der Waals surface area contributed by atoms with Gasteiger partial charge < -0.3 is 33.9 Å². The van der Waals surface area contributed by atoms with Crippen LogP contribution in [0.3, 0.4) is 0 Å². The Morgan fingerprint density at radius 1 is 0.635 bits per heavy atom. The molecule has 1 fully saturated rings. The van der Waals surface area contributed by atoms with Crippen molar-refractivity contribution in [3.63, 3.8) is 0 Å². The number of para-hydroxylation sites is 2. The molecule has 2 aromatic heterocycles. The Morgan fingerprint density at radius 2 is 1.16 bits per heavy atom. The number of imidazole rings is 2. The normalized spacial score (nSPS) is 14.9. The number of anilines is 4. The molecule has 1 N–H and O–H groups in total. The number of hydrogen-bond donors (Lipinski definition) is 1. The first-order chi connectivity index (χ1) is 31.0. The molecular weight excluding hydrogens is 781 g/mol. The summed E-state index contributed by atoms with van der Waals surface area (Å²) in [6.45, 7) is 14.8. The molecule has 0 spiro atoms. The average Bonchev–Trinajstić information content (AvgIpc) is 3.66. The van der Waals surface area contributed by atoms with Gasteiger partial charge in [0.2, 0.25) is 0 Å². The molecule has 0 aliphatic carbocycles. The van der Waals surface area contributed by atoms with Crippen molar-refractivity contribution in [1.29, 1.82) is 0 Å². The lowest BCUT2D eigenvalue weighted by Gasteiger charge is -2.33. The predicted octanol–water partition coefficient (Wildman–Crippen LogP) is 9.31. The van der Waals surface area contributed by atoms with Crippen molar-refractivity contribution in [3.8, 4) is 28.3 Å². The highest BCUT2D eigenvalue weighted by Gasteiger charge is 2.33. The molecule has 5 heterocycles. The van der Waals surface area contributed by atoms with Crippen LogP contribution in [0.25, 0.3) is 22.5 Å². The van der Waals surface area contributed by atoms with Crippen LogP contribution >= 0.6 is 0 Å². The van der Waals surface area contributed by atoms with Gasteiger partial charge in [0.25, 0.3) is 0 Å². The van der Waals surface area contributed by atoms with Crippen LogP contribution in [0, 0.1) is 20.8 Å². The Balaban J connectivity index is 1.08. The number of piperazine rings is 1. The molecule has 10 heteroatoms. The first-order valence-electron chi connectivity index (χ1n) is 22.6. The summed E-state index contributed by atoms with van der Waals surface area (Å²) >= 11 is 0. The number of aromatic nitrogens is 4. The minimum atomic E-state index is 0.561. The molecule has 3 aliphatic heterocycles. The maximum atomic E-state index is 13.7. The number of ether oxygens (including phenoxy) is 1. The number of nitrogens with one attached hydrogen (secondary N) is 1. The van der Waals surface area contributed by atoms with Gasteiger partial charge in [-0.05, 0) is 56.5 Å². The van der Waals surface area contributed by atoms with E-state index in [1.807, 2.05) is 0 Å². The van der Waals surface area contributed by atoms with Crippen LogP contribution in [0.4, 0.5) is 22.7 Å². The zero-order valence-corrected chi connectivity index (χ0v) is 36.7. The standard InChI is InChI=1S/C53H56N8O2/c1-37-50(59-29-24-46-52(44-20-11-13-22-48(44)59)61(39(3)56-46)35-41-17-8-5-9-18-41)42(36-62)33-49(53(37)63-32-14-27-57-30-25-54-26-31-57)58-28-23-45-51(43-19-10-12-21-47(43)58)60(38(2)55-45)34-40-15-6-4-7-16-40/h4-13,15-22,33,36,54H,14,23-32,34-35H2,1-3H3. The topological polar surface area (TPSA) is 83.7 Å². The molecular formula is C53H56N8O2. The second kappa shape index (κ2) is 17.7. The smallest absolute Gasteiger partial charge is 0.152 e. The van der Waals surface area contributed by atoms with Crippen LogP contribution in [-0.4, -0.2) is 82.7 Å². The largest absolute Gasteiger partial charge is 0.491 e. The van der Waals surface area contributed by atoms with Gasteiger partial charge in [0.1, 0.15) is 17.4 Å². The fraction of sp³-hybridized carbons (Fsp3) is 0.302. The minimum absolute atomic E-state index is 0.561. The fourth-order valence-corrected chi connectivity index (χ4v) is 10.1. The van der Waals surface area contributed by atoms with Gasteiger partial charge in [-0.3, -0.25) is 4.79 Å². The zero-order valence-electron chi connectivity index (χ0n) is 36.7. The van der Waals surface area contributed by atoms with Crippen LogP contribution in [0.2, 0.25) is 0 Å². The Labute approximate surface area is 370 Å². The molecule has 10 nitrogen and oxygen atoms in total. The average molecular weight is 837 g/mol. The fourth-order valence-electron chi connectivity index (χ4n) is 10.1. The van der Waals surface area contributed by atoms with Gasteiger partial charge in [0, 0.05) is 94.0 Å². The zero-order chi connectivity index (χ0) is 42.9. The molecule has 0 bridgehead atoms. The van der Waals surface area contributed by atoms with Crippen molar-refractivity contribution in [3.05, 3.63) is 161 Å². The molecule has 0 atom stereocenters. The number of nitrogens with zero attached hydrogens (tertiary/aromatic N) is 7. The SMILES string of the molecule is Cc1c(OCCCN2CCNCC2)c(N2CCc3nc(C)n(Cc4ccccc4)c3-c3ccccc32)cc(C=O)c1N1CCc2nc(C)n(Cc3ccccc3)c2-c2ccccc21. The second-order valence-electron chi connectivity index (χ2n) is 17.1. The second-order valence-corrected chi connectivity index (χ2v) is 17.1. The van der Waals surface area contributed by atoms with Crippen LogP contribution in [0.1, 0.15) is 56.5 Å². The van der Waals surface area contributed by atoms with Crippen LogP contribution in [-0.2, 0) is 25.9 Å². The van der Waals surface area contributed by atoms with Gasteiger partial charge >= 0.3 is 0 Å². The molecule has 63 heavy (non-hydrogen) atoms.